The quantitative estimate of drug-likeness (QED) is 0.201. The molecule has 5 aliphatic rings. The number of thioether (sulfide) groups is 1. The Kier molecular flexibility index (Phi) is 6.67. The van der Waals surface area contributed by atoms with Crippen molar-refractivity contribution in [2.45, 2.75) is 52.0 Å². The number of amides is 2. The number of esters is 1. The number of hydrogen-bond donors (Lipinski definition) is 0. The van der Waals surface area contributed by atoms with Crippen molar-refractivity contribution in [2.75, 3.05) is 7.11 Å². The second-order valence-electron chi connectivity index (χ2n) is 11.4. The van der Waals surface area contributed by atoms with Crippen molar-refractivity contribution in [1.29, 1.82) is 0 Å². The van der Waals surface area contributed by atoms with Crippen molar-refractivity contribution in [3.8, 4) is 11.5 Å². The first-order valence-corrected chi connectivity index (χ1v) is 14.7. The summed E-state index contributed by atoms with van der Waals surface area (Å²) in [6, 6.07) is 11.3. The fourth-order valence-electron chi connectivity index (χ4n) is 7.26. The first-order valence-electron chi connectivity index (χ1n) is 13.1. The van der Waals surface area contributed by atoms with Gasteiger partial charge in [-0.25, -0.2) is 0 Å². The van der Waals surface area contributed by atoms with Gasteiger partial charge in [0.1, 0.15) is 0 Å². The molecule has 198 valence electrons. The smallest absolute Gasteiger partial charge is 0.317 e. The molecule has 38 heavy (non-hydrogen) atoms. The summed E-state index contributed by atoms with van der Waals surface area (Å²) < 4.78 is 12.2. The molecule has 0 N–H and O–H groups in total. The Morgan fingerprint density at radius 1 is 1.11 bits per heavy atom. The van der Waals surface area contributed by atoms with Gasteiger partial charge in [-0.05, 0) is 120 Å². The van der Waals surface area contributed by atoms with Crippen molar-refractivity contribution < 1.29 is 23.9 Å². The lowest BCUT2D eigenvalue weighted by Gasteiger charge is -2.55. The van der Waals surface area contributed by atoms with Crippen LogP contribution in [0.3, 0.4) is 0 Å². The van der Waals surface area contributed by atoms with E-state index in [0.717, 1.165) is 42.2 Å². The van der Waals surface area contributed by atoms with Gasteiger partial charge in [0.25, 0.3) is 11.1 Å². The van der Waals surface area contributed by atoms with Crippen LogP contribution in [-0.2, 0) is 16.1 Å². The number of carbonyl (C=O) groups is 3. The third kappa shape index (κ3) is 4.70. The number of hydrogen-bond acceptors (Lipinski definition) is 6. The number of benzene rings is 2. The molecule has 7 rings (SSSR count). The molecule has 0 unspecified atom stereocenters. The largest absolute Gasteiger partial charge is 0.493 e. The fourth-order valence-corrected chi connectivity index (χ4v) is 8.64. The minimum Gasteiger partial charge on any atom is -0.493 e. The number of imide groups is 1. The van der Waals surface area contributed by atoms with E-state index in [4.69, 9.17) is 9.47 Å². The normalized spacial score (nSPS) is 28.9. The van der Waals surface area contributed by atoms with E-state index in [0.29, 0.717) is 44.2 Å². The minimum absolute atomic E-state index is 0.152. The van der Waals surface area contributed by atoms with Crippen LogP contribution in [0.1, 0.15) is 55.2 Å². The first-order chi connectivity index (χ1) is 18.2. The van der Waals surface area contributed by atoms with Gasteiger partial charge in [0.05, 0.1) is 28.4 Å². The molecule has 8 heteroatoms. The van der Waals surface area contributed by atoms with Crippen LogP contribution in [0.15, 0.2) is 45.8 Å². The van der Waals surface area contributed by atoms with Crippen LogP contribution >= 0.6 is 27.7 Å². The summed E-state index contributed by atoms with van der Waals surface area (Å²) in [6.07, 6.45) is 8.22. The Labute approximate surface area is 235 Å². The van der Waals surface area contributed by atoms with Crippen LogP contribution < -0.4 is 9.47 Å². The molecular formula is C30H30BrNO5S. The van der Waals surface area contributed by atoms with Crippen LogP contribution in [0.2, 0.25) is 0 Å². The molecule has 6 nitrogen and oxygen atoms in total. The summed E-state index contributed by atoms with van der Waals surface area (Å²) in [5, 5.41) is -0.296. The molecule has 0 aromatic heterocycles. The van der Waals surface area contributed by atoms with Gasteiger partial charge in [0.15, 0.2) is 11.5 Å². The molecule has 1 saturated heterocycles. The van der Waals surface area contributed by atoms with Crippen molar-refractivity contribution in [2.24, 2.45) is 23.2 Å². The molecule has 0 atom stereocenters. The summed E-state index contributed by atoms with van der Waals surface area (Å²) >= 11 is 4.48. The maximum absolute atomic E-state index is 13.5. The molecule has 4 bridgehead atoms. The zero-order valence-electron chi connectivity index (χ0n) is 21.5. The van der Waals surface area contributed by atoms with E-state index in [1.165, 1.54) is 31.3 Å². The second-order valence-corrected chi connectivity index (χ2v) is 13.2. The Balaban J connectivity index is 1.21. The highest BCUT2D eigenvalue weighted by atomic mass is 79.9. The molecule has 2 aromatic rings. The summed E-state index contributed by atoms with van der Waals surface area (Å²) in [5.74, 6) is 2.21. The number of methoxy groups -OCH3 is 1. The van der Waals surface area contributed by atoms with Gasteiger partial charge in [-0.1, -0.05) is 29.8 Å². The molecule has 1 heterocycles. The van der Waals surface area contributed by atoms with E-state index in [2.05, 4.69) is 15.9 Å². The Morgan fingerprint density at radius 2 is 1.79 bits per heavy atom. The van der Waals surface area contributed by atoms with E-state index in [9.17, 15) is 14.4 Å². The van der Waals surface area contributed by atoms with Gasteiger partial charge in [-0.3, -0.25) is 19.3 Å². The maximum atomic E-state index is 13.5. The molecular weight excluding hydrogens is 566 g/mol. The van der Waals surface area contributed by atoms with Crippen LogP contribution in [0, 0.1) is 30.1 Å². The highest BCUT2D eigenvalue weighted by molar-refractivity contribution is 9.10. The zero-order chi connectivity index (χ0) is 26.6. The molecule has 4 aliphatic carbocycles. The molecule has 1 aliphatic heterocycles. The standard InChI is InChI=1S/C30H30BrNO5S/c1-17-4-3-5-18(6-17)16-32-27(33)25(38-29(32)35)12-19-10-23(31)26(24(11-19)36-2)37-28(34)30-13-20-7-21(14-30)9-22(8-20)15-30/h3-6,10-12,20-22H,7-9,13-16H2,1-2H3/b25-12-. The molecule has 0 radical (unpaired) electrons. The maximum Gasteiger partial charge on any atom is 0.317 e. The van der Waals surface area contributed by atoms with Gasteiger partial charge >= 0.3 is 5.97 Å². The average molecular weight is 597 g/mol. The van der Waals surface area contributed by atoms with Crippen molar-refractivity contribution in [1.82, 2.24) is 4.90 Å². The topological polar surface area (TPSA) is 72.9 Å². The summed E-state index contributed by atoms with van der Waals surface area (Å²) in [6.45, 7) is 2.21. The summed E-state index contributed by atoms with van der Waals surface area (Å²) in [7, 11) is 1.53. The van der Waals surface area contributed by atoms with Gasteiger partial charge in [0, 0.05) is 0 Å². The van der Waals surface area contributed by atoms with Crippen LogP contribution in [0.4, 0.5) is 4.79 Å². The highest BCUT2D eigenvalue weighted by Gasteiger charge is 2.55. The third-order valence-electron chi connectivity index (χ3n) is 8.51. The van der Waals surface area contributed by atoms with E-state index in [-0.39, 0.29) is 29.1 Å². The Hall–Kier alpha value is -2.58. The Morgan fingerprint density at radius 3 is 2.42 bits per heavy atom. The number of nitrogens with zero attached hydrogens (tertiary/aromatic N) is 1. The average Bonchev–Trinajstić information content (AvgIpc) is 3.11. The molecule has 2 aromatic carbocycles. The molecule has 5 fully saturated rings. The van der Waals surface area contributed by atoms with E-state index in [1.54, 1.807) is 18.2 Å². The van der Waals surface area contributed by atoms with Crippen LogP contribution in [-0.4, -0.2) is 29.1 Å². The highest BCUT2D eigenvalue weighted by Crippen LogP contribution is 2.60. The predicted octanol–water partition coefficient (Wildman–Crippen LogP) is 7.12. The Bertz CT molecular complexity index is 1330. The van der Waals surface area contributed by atoms with Gasteiger partial charge in [-0.2, -0.15) is 0 Å². The van der Waals surface area contributed by atoms with Crippen molar-refractivity contribution in [3.05, 3.63) is 62.5 Å². The number of rotatable bonds is 6. The SMILES string of the molecule is COc1cc(/C=C2\SC(=O)N(Cc3cccc(C)c3)C2=O)cc(Br)c1OC(=O)C12CC3CC(CC(C3)C1)C2. The van der Waals surface area contributed by atoms with E-state index in [1.807, 2.05) is 31.2 Å². The number of ether oxygens (including phenoxy) is 2. The molecule has 2 amide bonds. The lowest BCUT2D eigenvalue weighted by molar-refractivity contribution is -0.161. The molecule has 0 spiro atoms. The minimum atomic E-state index is -0.381. The van der Waals surface area contributed by atoms with Crippen LogP contribution in [0.25, 0.3) is 6.08 Å². The van der Waals surface area contributed by atoms with Crippen molar-refractivity contribution >= 4 is 50.9 Å². The van der Waals surface area contributed by atoms with E-state index >= 15 is 0 Å². The number of carbonyl (C=O) groups excluding carboxylic acids is 3. The predicted molar refractivity (Wildman–Crippen MR) is 150 cm³/mol. The van der Waals surface area contributed by atoms with Crippen LogP contribution in [0.5, 0.6) is 11.5 Å². The molecule has 4 saturated carbocycles. The van der Waals surface area contributed by atoms with E-state index < -0.39 is 0 Å². The second kappa shape index (κ2) is 9.87. The van der Waals surface area contributed by atoms with Gasteiger partial charge < -0.3 is 9.47 Å². The summed E-state index contributed by atoms with van der Waals surface area (Å²) in [4.78, 5) is 40.8. The van der Waals surface area contributed by atoms with Gasteiger partial charge in [-0.15, -0.1) is 0 Å². The lowest BCUT2D eigenvalue weighted by atomic mass is 9.49. The number of halogens is 1. The fraction of sp³-hybridized carbons (Fsp3) is 0.433. The lowest BCUT2D eigenvalue weighted by Crippen LogP contribution is -2.51. The zero-order valence-corrected chi connectivity index (χ0v) is 23.9. The summed E-state index contributed by atoms with van der Waals surface area (Å²) in [5.41, 5.74) is 2.27. The number of aryl methyl sites for hydroxylation is 1. The van der Waals surface area contributed by atoms with Crippen molar-refractivity contribution in [3.63, 3.8) is 0 Å². The third-order valence-corrected chi connectivity index (χ3v) is 10.0. The first kappa shape index (κ1) is 25.7. The monoisotopic (exact) mass is 595 g/mol. The van der Waals surface area contributed by atoms with Gasteiger partial charge in [0.2, 0.25) is 0 Å².